The number of hydrogen-bond donors (Lipinski definition) is 1. The van der Waals surface area contributed by atoms with Crippen molar-refractivity contribution in [1.29, 1.82) is 0 Å². The summed E-state index contributed by atoms with van der Waals surface area (Å²) in [5, 5.41) is 3.63. The lowest BCUT2D eigenvalue weighted by Gasteiger charge is -2.04. The molecule has 1 rings (SSSR count). The van der Waals surface area contributed by atoms with Gasteiger partial charge in [-0.25, -0.2) is 0 Å². The fourth-order valence-electron chi connectivity index (χ4n) is 3.34. The van der Waals surface area contributed by atoms with Crippen molar-refractivity contribution in [3.8, 4) is 0 Å². The van der Waals surface area contributed by atoms with E-state index in [2.05, 4.69) is 12.2 Å². The number of unbranched alkanes of at least 4 members (excludes halogenated alkanes) is 14. The van der Waals surface area contributed by atoms with E-state index in [-0.39, 0.29) is 5.91 Å². The minimum atomic E-state index is 0.0593. The molecule has 0 aromatic carbocycles. The zero-order valence-corrected chi connectivity index (χ0v) is 18.1. The summed E-state index contributed by atoms with van der Waals surface area (Å²) < 4.78 is 0. The summed E-state index contributed by atoms with van der Waals surface area (Å²) in [5.41, 5.74) is 0. The summed E-state index contributed by atoms with van der Waals surface area (Å²) in [6.45, 7) is 2.27. The van der Waals surface area contributed by atoms with Gasteiger partial charge < -0.3 is 5.32 Å². The Morgan fingerprint density at radius 2 is 1.30 bits per heavy atom. The van der Waals surface area contributed by atoms with E-state index in [9.17, 15) is 9.59 Å². The number of nitrogens with one attached hydrogen (secondary N) is 1. The highest BCUT2D eigenvalue weighted by molar-refractivity contribution is 7.17. The Hall–Kier alpha value is -1.16. The van der Waals surface area contributed by atoms with Crippen LogP contribution in [0.1, 0.15) is 119 Å². The van der Waals surface area contributed by atoms with Crippen LogP contribution in [0, 0.1) is 0 Å². The topological polar surface area (TPSA) is 46.2 Å². The average molecular weight is 394 g/mol. The molecular weight excluding hydrogens is 354 g/mol. The van der Waals surface area contributed by atoms with Gasteiger partial charge in [-0.1, -0.05) is 96.8 Å². The van der Waals surface area contributed by atoms with E-state index in [0.29, 0.717) is 11.3 Å². The highest BCUT2D eigenvalue weighted by atomic mass is 32.1. The molecule has 1 amide bonds. The van der Waals surface area contributed by atoms with Gasteiger partial charge in [-0.15, -0.1) is 11.3 Å². The molecule has 0 atom stereocenters. The fourth-order valence-corrected chi connectivity index (χ4v) is 4.08. The summed E-state index contributed by atoms with van der Waals surface area (Å²) in [6.07, 6.45) is 21.4. The minimum absolute atomic E-state index is 0.0593. The van der Waals surface area contributed by atoms with Gasteiger partial charge in [0.15, 0.2) is 6.29 Å². The molecule has 3 nitrogen and oxygen atoms in total. The van der Waals surface area contributed by atoms with E-state index in [4.69, 9.17) is 0 Å². The first-order valence-corrected chi connectivity index (χ1v) is 11.9. The third-order valence-corrected chi connectivity index (χ3v) is 5.94. The van der Waals surface area contributed by atoms with E-state index in [1.54, 1.807) is 12.1 Å². The second-order valence-electron chi connectivity index (χ2n) is 7.57. The van der Waals surface area contributed by atoms with E-state index in [0.717, 1.165) is 24.1 Å². The van der Waals surface area contributed by atoms with Gasteiger partial charge in [0.1, 0.15) is 0 Å². The molecule has 27 heavy (non-hydrogen) atoms. The van der Waals surface area contributed by atoms with Crippen LogP contribution in [0.25, 0.3) is 0 Å². The predicted octanol–water partition coefficient (Wildman–Crippen LogP) is 7.76. The quantitative estimate of drug-likeness (QED) is 0.204. The number of thiophene rings is 1. The molecule has 0 fully saturated rings. The van der Waals surface area contributed by atoms with E-state index in [1.165, 1.54) is 94.8 Å². The van der Waals surface area contributed by atoms with Crippen LogP contribution in [0.3, 0.4) is 0 Å². The maximum Gasteiger partial charge on any atom is 0.224 e. The third-order valence-electron chi connectivity index (χ3n) is 5.01. The maximum absolute atomic E-state index is 11.9. The van der Waals surface area contributed by atoms with Gasteiger partial charge in [-0.3, -0.25) is 9.59 Å². The van der Waals surface area contributed by atoms with Crippen molar-refractivity contribution in [2.24, 2.45) is 0 Å². The van der Waals surface area contributed by atoms with Crippen LogP contribution >= 0.6 is 11.3 Å². The zero-order valence-electron chi connectivity index (χ0n) is 17.3. The predicted molar refractivity (Wildman–Crippen MR) is 118 cm³/mol. The summed E-state index contributed by atoms with van der Waals surface area (Å²) in [7, 11) is 0. The Morgan fingerprint density at radius 3 is 1.74 bits per heavy atom. The van der Waals surface area contributed by atoms with Crippen LogP contribution in [0.2, 0.25) is 0 Å². The van der Waals surface area contributed by atoms with Crippen molar-refractivity contribution in [3.05, 3.63) is 17.0 Å². The molecular formula is C23H39NO2S. The summed E-state index contributed by atoms with van der Waals surface area (Å²) >= 11 is 1.33. The first-order chi connectivity index (χ1) is 13.3. The highest BCUT2D eigenvalue weighted by Crippen LogP contribution is 2.20. The van der Waals surface area contributed by atoms with Crippen molar-refractivity contribution in [2.45, 2.75) is 110 Å². The number of amides is 1. The summed E-state index contributed by atoms with van der Waals surface area (Å²) in [5.74, 6) is 0.0593. The first-order valence-electron chi connectivity index (χ1n) is 11.1. The normalized spacial score (nSPS) is 10.9. The highest BCUT2D eigenvalue weighted by Gasteiger charge is 2.04. The third kappa shape index (κ3) is 13.6. The lowest BCUT2D eigenvalue weighted by Crippen LogP contribution is -2.09. The van der Waals surface area contributed by atoms with Crippen molar-refractivity contribution < 1.29 is 9.59 Å². The molecule has 0 aliphatic rings. The molecule has 0 radical (unpaired) electrons. The first kappa shape index (κ1) is 23.9. The summed E-state index contributed by atoms with van der Waals surface area (Å²) in [4.78, 5) is 23.1. The lowest BCUT2D eigenvalue weighted by molar-refractivity contribution is -0.116. The molecule has 0 spiro atoms. The van der Waals surface area contributed by atoms with Crippen LogP contribution < -0.4 is 5.32 Å². The molecule has 0 saturated heterocycles. The Balaban J connectivity index is 1.81. The second kappa shape index (κ2) is 17.0. The molecule has 0 aliphatic carbocycles. The lowest BCUT2D eigenvalue weighted by atomic mass is 10.0. The number of anilines is 1. The van der Waals surface area contributed by atoms with Crippen LogP contribution in [0.15, 0.2) is 12.1 Å². The molecule has 0 aliphatic heterocycles. The van der Waals surface area contributed by atoms with Crippen molar-refractivity contribution >= 4 is 28.5 Å². The van der Waals surface area contributed by atoms with Crippen molar-refractivity contribution in [3.63, 3.8) is 0 Å². The SMILES string of the molecule is CCCCCCCCCCCCCCCCCC(=O)Nc1ccc(C=O)s1. The molecule has 0 unspecified atom stereocenters. The fraction of sp³-hybridized carbons (Fsp3) is 0.739. The van der Waals surface area contributed by atoms with Gasteiger partial charge in [0.25, 0.3) is 0 Å². The number of rotatable bonds is 18. The van der Waals surface area contributed by atoms with Gasteiger partial charge in [0.05, 0.1) is 9.88 Å². The minimum Gasteiger partial charge on any atom is -0.318 e. The van der Waals surface area contributed by atoms with Crippen LogP contribution in [-0.2, 0) is 4.79 Å². The number of hydrogen-bond acceptors (Lipinski definition) is 3. The Labute approximate surface area is 170 Å². The zero-order chi connectivity index (χ0) is 19.6. The standard InChI is InChI=1S/C23H39NO2S/c1-2-3-4-5-6-7-8-9-10-11-12-13-14-15-16-17-22(26)24-23-19-18-21(20-25)27-23/h18-20H,2-17H2,1H3,(H,24,26). The van der Waals surface area contributed by atoms with E-state index in [1.807, 2.05) is 0 Å². The Kier molecular flexibility index (Phi) is 15.0. The average Bonchev–Trinajstić information content (AvgIpc) is 3.12. The van der Waals surface area contributed by atoms with Crippen LogP contribution in [0.4, 0.5) is 5.00 Å². The van der Waals surface area contributed by atoms with Crippen LogP contribution in [0.5, 0.6) is 0 Å². The van der Waals surface area contributed by atoms with E-state index >= 15 is 0 Å². The van der Waals surface area contributed by atoms with Crippen molar-refractivity contribution in [2.75, 3.05) is 5.32 Å². The summed E-state index contributed by atoms with van der Waals surface area (Å²) in [6, 6.07) is 3.53. The Bertz CT molecular complexity index is 498. The van der Waals surface area contributed by atoms with Gasteiger partial charge in [-0.05, 0) is 18.6 Å². The van der Waals surface area contributed by atoms with Gasteiger partial charge in [0, 0.05) is 6.42 Å². The molecule has 4 heteroatoms. The maximum atomic E-state index is 11.9. The van der Waals surface area contributed by atoms with E-state index < -0.39 is 0 Å². The number of aldehydes is 1. The largest absolute Gasteiger partial charge is 0.318 e. The number of carbonyl (C=O) groups is 2. The van der Waals surface area contributed by atoms with Crippen LogP contribution in [-0.4, -0.2) is 12.2 Å². The number of carbonyl (C=O) groups excluding carboxylic acids is 2. The van der Waals surface area contributed by atoms with Gasteiger partial charge >= 0.3 is 0 Å². The van der Waals surface area contributed by atoms with Crippen molar-refractivity contribution in [1.82, 2.24) is 0 Å². The second-order valence-corrected chi connectivity index (χ2v) is 8.68. The van der Waals surface area contributed by atoms with Gasteiger partial charge in [-0.2, -0.15) is 0 Å². The molecule has 1 aromatic rings. The molecule has 1 heterocycles. The monoisotopic (exact) mass is 393 g/mol. The Morgan fingerprint density at radius 1 is 0.815 bits per heavy atom. The molecule has 154 valence electrons. The molecule has 0 bridgehead atoms. The smallest absolute Gasteiger partial charge is 0.224 e. The molecule has 1 aromatic heterocycles. The van der Waals surface area contributed by atoms with Gasteiger partial charge in [0.2, 0.25) is 5.91 Å². The molecule has 0 saturated carbocycles. The molecule has 1 N–H and O–H groups in total.